The second kappa shape index (κ2) is 5.68. The van der Waals surface area contributed by atoms with Gasteiger partial charge in [0.15, 0.2) is 0 Å². The van der Waals surface area contributed by atoms with Crippen LogP contribution in [0.1, 0.15) is 0 Å². The molecule has 0 N–H and O–H groups in total. The molecule has 0 fully saturated rings. The predicted octanol–water partition coefficient (Wildman–Crippen LogP) is 5.85. The van der Waals surface area contributed by atoms with Crippen LogP contribution in [0, 0.1) is 0 Å². The lowest BCUT2D eigenvalue weighted by Crippen LogP contribution is -1.84. The lowest BCUT2D eigenvalue weighted by atomic mass is 10.4. The van der Waals surface area contributed by atoms with Crippen LogP contribution in [-0.4, -0.2) is 4.98 Å². The first-order valence-electron chi connectivity index (χ1n) is 4.51. The van der Waals surface area contributed by atoms with Crippen molar-refractivity contribution in [1.29, 1.82) is 0 Å². The van der Waals surface area contributed by atoms with Crippen molar-refractivity contribution in [3.63, 3.8) is 0 Å². The lowest BCUT2D eigenvalue weighted by Gasteiger charge is -2.05. The fourth-order valence-electron chi connectivity index (χ4n) is 1.14. The van der Waals surface area contributed by atoms with Gasteiger partial charge in [0.25, 0.3) is 0 Å². The summed E-state index contributed by atoms with van der Waals surface area (Å²) in [5.74, 6) is 0. The summed E-state index contributed by atoms with van der Waals surface area (Å²) in [6.07, 6.45) is 0. The Morgan fingerprint density at radius 1 is 0.941 bits per heavy atom. The van der Waals surface area contributed by atoms with Gasteiger partial charge in [0.05, 0.1) is 10.0 Å². The summed E-state index contributed by atoms with van der Waals surface area (Å²) in [6, 6.07) is 8.97. The van der Waals surface area contributed by atoms with E-state index in [1.54, 1.807) is 12.1 Å². The molecule has 1 heterocycles. The molecule has 1 nitrogen and oxygen atoms in total. The van der Waals surface area contributed by atoms with Crippen molar-refractivity contribution in [3.8, 4) is 0 Å². The normalized spacial score (nSPS) is 10.6. The summed E-state index contributed by atoms with van der Waals surface area (Å²) in [4.78, 5) is 5.05. The molecule has 2 rings (SSSR count). The van der Waals surface area contributed by atoms with Gasteiger partial charge >= 0.3 is 0 Å². The van der Waals surface area contributed by atoms with Gasteiger partial charge in [-0.25, -0.2) is 4.98 Å². The molecule has 2 aromatic rings. The van der Waals surface area contributed by atoms with Gasteiger partial charge in [-0.3, -0.25) is 0 Å². The van der Waals surface area contributed by atoms with Crippen molar-refractivity contribution in [2.45, 2.75) is 9.92 Å². The molecule has 0 radical (unpaired) electrons. The quantitative estimate of drug-likeness (QED) is 0.643. The predicted molar refractivity (Wildman–Crippen MR) is 74.8 cm³/mol. The van der Waals surface area contributed by atoms with Gasteiger partial charge in [-0.05, 0) is 24.3 Å². The van der Waals surface area contributed by atoms with Crippen LogP contribution >= 0.6 is 58.2 Å². The van der Waals surface area contributed by atoms with Crippen LogP contribution < -0.4 is 0 Å². The maximum atomic E-state index is 6.03. The molecular formula is C11H5Cl4NS. The van der Waals surface area contributed by atoms with E-state index in [1.807, 2.05) is 18.2 Å². The minimum atomic E-state index is 0.237. The monoisotopic (exact) mass is 323 g/mol. The number of halogens is 4. The van der Waals surface area contributed by atoms with Crippen LogP contribution in [0.4, 0.5) is 0 Å². The molecule has 17 heavy (non-hydrogen) atoms. The Labute approximate surface area is 123 Å². The van der Waals surface area contributed by atoms with Crippen molar-refractivity contribution in [2.75, 3.05) is 0 Å². The number of pyridine rings is 1. The first-order valence-corrected chi connectivity index (χ1v) is 6.84. The van der Waals surface area contributed by atoms with Crippen molar-refractivity contribution in [2.24, 2.45) is 0 Å². The SMILES string of the molecule is Clc1cccc(Sc2nc(Cl)c(Cl)cc2Cl)c1. The highest BCUT2D eigenvalue weighted by molar-refractivity contribution is 7.99. The van der Waals surface area contributed by atoms with Crippen molar-refractivity contribution >= 4 is 58.2 Å². The number of rotatable bonds is 2. The highest BCUT2D eigenvalue weighted by Crippen LogP contribution is 2.36. The summed E-state index contributed by atoms with van der Waals surface area (Å²) in [7, 11) is 0. The van der Waals surface area contributed by atoms with Gasteiger partial charge in [0, 0.05) is 9.92 Å². The molecule has 0 atom stereocenters. The molecule has 6 heteroatoms. The molecule has 0 aliphatic carbocycles. The molecular weight excluding hydrogens is 320 g/mol. The average molecular weight is 325 g/mol. The maximum Gasteiger partial charge on any atom is 0.149 e. The number of hydrogen-bond acceptors (Lipinski definition) is 2. The number of nitrogens with zero attached hydrogens (tertiary/aromatic N) is 1. The minimum Gasteiger partial charge on any atom is -0.226 e. The second-order valence-electron chi connectivity index (χ2n) is 3.11. The highest BCUT2D eigenvalue weighted by atomic mass is 35.5. The van der Waals surface area contributed by atoms with Gasteiger partial charge in [0.1, 0.15) is 10.2 Å². The third-order valence-electron chi connectivity index (χ3n) is 1.87. The zero-order chi connectivity index (χ0) is 12.4. The van der Waals surface area contributed by atoms with E-state index in [4.69, 9.17) is 46.4 Å². The Bertz CT molecular complexity index is 559. The molecule has 0 saturated carbocycles. The van der Waals surface area contributed by atoms with Gasteiger partial charge in [0.2, 0.25) is 0 Å². The Morgan fingerprint density at radius 3 is 2.41 bits per heavy atom. The zero-order valence-corrected chi connectivity index (χ0v) is 12.1. The van der Waals surface area contributed by atoms with E-state index < -0.39 is 0 Å². The molecule has 0 amide bonds. The molecule has 88 valence electrons. The minimum absolute atomic E-state index is 0.237. The standard InChI is InChI=1S/C11H5Cl4NS/c12-6-2-1-3-7(4-6)17-11-9(14)5-8(13)10(15)16-11/h1-5H. The van der Waals surface area contributed by atoms with Crippen LogP contribution in [0.15, 0.2) is 40.3 Å². The fourth-order valence-corrected chi connectivity index (χ4v) is 2.91. The van der Waals surface area contributed by atoms with E-state index in [9.17, 15) is 0 Å². The van der Waals surface area contributed by atoms with E-state index in [0.29, 0.717) is 20.1 Å². The Balaban J connectivity index is 2.33. The summed E-state index contributed by atoms with van der Waals surface area (Å²) < 4.78 is 0. The summed E-state index contributed by atoms with van der Waals surface area (Å²) in [6.45, 7) is 0. The highest BCUT2D eigenvalue weighted by Gasteiger charge is 2.09. The number of hydrogen-bond donors (Lipinski definition) is 0. The lowest BCUT2D eigenvalue weighted by molar-refractivity contribution is 1.13. The maximum absolute atomic E-state index is 6.03. The van der Waals surface area contributed by atoms with Gasteiger partial charge in [-0.15, -0.1) is 0 Å². The molecule has 0 bridgehead atoms. The molecule has 0 aliphatic heterocycles. The Kier molecular flexibility index (Phi) is 4.45. The molecule has 0 unspecified atom stereocenters. The second-order valence-corrected chi connectivity index (χ2v) is 5.78. The van der Waals surface area contributed by atoms with Crippen LogP contribution in [0.3, 0.4) is 0 Å². The third kappa shape index (κ3) is 3.43. The van der Waals surface area contributed by atoms with E-state index in [-0.39, 0.29) is 5.15 Å². The fraction of sp³-hybridized carbons (Fsp3) is 0. The third-order valence-corrected chi connectivity index (χ3v) is 4.17. The Morgan fingerprint density at radius 2 is 1.71 bits per heavy atom. The van der Waals surface area contributed by atoms with Gasteiger partial charge in [-0.2, -0.15) is 0 Å². The molecule has 1 aromatic heterocycles. The largest absolute Gasteiger partial charge is 0.226 e. The number of aromatic nitrogens is 1. The van der Waals surface area contributed by atoms with Crippen molar-refractivity contribution < 1.29 is 0 Å². The average Bonchev–Trinajstić information content (AvgIpc) is 2.26. The van der Waals surface area contributed by atoms with Crippen LogP contribution in [0.5, 0.6) is 0 Å². The van der Waals surface area contributed by atoms with Gasteiger partial charge in [-0.1, -0.05) is 64.2 Å². The first kappa shape index (κ1) is 13.3. The van der Waals surface area contributed by atoms with E-state index >= 15 is 0 Å². The zero-order valence-electron chi connectivity index (χ0n) is 8.25. The summed E-state index contributed by atoms with van der Waals surface area (Å²) in [5.41, 5.74) is 0. The van der Waals surface area contributed by atoms with Crippen LogP contribution in [0.25, 0.3) is 0 Å². The molecule has 0 saturated heterocycles. The molecule has 0 aliphatic rings. The van der Waals surface area contributed by atoms with Crippen LogP contribution in [0.2, 0.25) is 20.2 Å². The van der Waals surface area contributed by atoms with Crippen LogP contribution in [-0.2, 0) is 0 Å². The summed E-state index contributed by atoms with van der Waals surface area (Å²) >= 11 is 25.0. The molecule has 1 aromatic carbocycles. The van der Waals surface area contributed by atoms with E-state index in [2.05, 4.69) is 4.98 Å². The summed E-state index contributed by atoms with van der Waals surface area (Å²) in [5, 5.41) is 2.30. The smallest absolute Gasteiger partial charge is 0.149 e. The number of benzene rings is 1. The van der Waals surface area contributed by atoms with Crippen molar-refractivity contribution in [1.82, 2.24) is 4.98 Å². The topological polar surface area (TPSA) is 12.9 Å². The molecule has 0 spiro atoms. The Hall–Kier alpha value is -0.120. The van der Waals surface area contributed by atoms with Crippen molar-refractivity contribution in [3.05, 3.63) is 50.6 Å². The van der Waals surface area contributed by atoms with E-state index in [1.165, 1.54) is 11.8 Å². The van der Waals surface area contributed by atoms with E-state index in [0.717, 1.165) is 4.90 Å². The van der Waals surface area contributed by atoms with Gasteiger partial charge < -0.3 is 0 Å². The first-order chi connectivity index (χ1) is 8.06.